The Hall–Kier alpha value is -4.39. The Morgan fingerprint density at radius 3 is 2.14 bits per heavy atom. The summed E-state index contributed by atoms with van der Waals surface area (Å²) in [4.78, 5) is 32.1. The van der Waals surface area contributed by atoms with Crippen LogP contribution in [0.2, 0.25) is 0 Å². The van der Waals surface area contributed by atoms with Gasteiger partial charge in [0, 0.05) is 16.5 Å². The number of hydrogen-bond donors (Lipinski definition) is 2. The van der Waals surface area contributed by atoms with Gasteiger partial charge in [-0.2, -0.15) is 0 Å². The van der Waals surface area contributed by atoms with E-state index in [4.69, 9.17) is 14.5 Å². The molecule has 7 nitrogen and oxygen atoms in total. The van der Waals surface area contributed by atoms with Gasteiger partial charge in [-0.05, 0) is 57.2 Å². The van der Waals surface area contributed by atoms with E-state index in [0.717, 1.165) is 5.56 Å². The average molecular weight is 471 g/mol. The molecule has 4 rings (SSSR count). The van der Waals surface area contributed by atoms with E-state index in [-0.39, 0.29) is 5.88 Å². The van der Waals surface area contributed by atoms with Crippen molar-refractivity contribution in [1.82, 2.24) is 4.98 Å². The van der Waals surface area contributed by atoms with Crippen molar-refractivity contribution in [1.29, 1.82) is 0 Å². The van der Waals surface area contributed by atoms with Gasteiger partial charge in [0.25, 0.3) is 0 Å². The molecule has 0 amide bonds. The van der Waals surface area contributed by atoms with E-state index in [1.165, 1.54) is 7.11 Å². The Bertz CT molecular complexity index is 1410. The molecule has 0 bridgehead atoms. The third-order valence-corrected chi connectivity index (χ3v) is 5.23. The van der Waals surface area contributed by atoms with E-state index in [2.05, 4.69) is 4.98 Å². The van der Waals surface area contributed by atoms with Crippen molar-refractivity contribution in [3.05, 3.63) is 95.1 Å². The minimum absolute atomic E-state index is 0.0741. The Labute approximate surface area is 203 Å². The van der Waals surface area contributed by atoms with Crippen LogP contribution in [0.25, 0.3) is 10.9 Å². The van der Waals surface area contributed by atoms with Gasteiger partial charge in [-0.1, -0.05) is 36.4 Å². The van der Waals surface area contributed by atoms with E-state index in [9.17, 15) is 14.7 Å². The van der Waals surface area contributed by atoms with E-state index in [1.54, 1.807) is 42.5 Å². The summed E-state index contributed by atoms with van der Waals surface area (Å²) in [5.74, 6) is -0.952. The van der Waals surface area contributed by atoms with Gasteiger partial charge in [0.05, 0.1) is 35.2 Å². The summed E-state index contributed by atoms with van der Waals surface area (Å²) >= 11 is 0. The predicted molar refractivity (Wildman–Crippen MR) is 135 cm³/mol. The van der Waals surface area contributed by atoms with Crippen molar-refractivity contribution in [2.75, 3.05) is 7.11 Å². The molecular weight excluding hydrogens is 444 g/mol. The Morgan fingerprint density at radius 2 is 1.51 bits per heavy atom. The van der Waals surface area contributed by atoms with Crippen molar-refractivity contribution in [3.8, 4) is 5.88 Å². The highest BCUT2D eigenvalue weighted by Gasteiger charge is 2.21. The summed E-state index contributed by atoms with van der Waals surface area (Å²) in [6.07, 6.45) is 0. The van der Waals surface area contributed by atoms with Crippen molar-refractivity contribution in [2.45, 2.75) is 26.4 Å². The molecule has 0 aliphatic carbocycles. The van der Waals surface area contributed by atoms with Crippen LogP contribution in [-0.4, -0.2) is 40.5 Å². The monoisotopic (exact) mass is 470 g/mol. The molecule has 0 atom stereocenters. The molecule has 1 heterocycles. The molecule has 178 valence electrons. The maximum Gasteiger partial charge on any atom is 0.338 e. The lowest BCUT2D eigenvalue weighted by molar-refractivity contribution is 0.00693. The molecule has 2 N–H and O–H groups in total. The number of nitrogens with zero attached hydrogens (tertiary/aromatic N) is 1. The number of nitrogens with one attached hydrogen (secondary N) is 1. The second-order valence-corrected chi connectivity index (χ2v) is 8.98. The Balaban J connectivity index is 1.80. The number of aromatic nitrogens is 1. The minimum atomic E-state index is -0.588. The molecule has 4 aromatic rings. The van der Waals surface area contributed by atoms with Gasteiger partial charge in [-0.25, -0.2) is 14.6 Å². The van der Waals surface area contributed by atoms with Crippen molar-refractivity contribution >= 4 is 34.2 Å². The summed E-state index contributed by atoms with van der Waals surface area (Å²) in [6, 6.07) is 21.3. The third-order valence-electron chi connectivity index (χ3n) is 5.23. The van der Waals surface area contributed by atoms with E-state index in [0.29, 0.717) is 39.0 Å². The second kappa shape index (κ2) is 9.46. The zero-order chi connectivity index (χ0) is 25.2. The number of H-pyrrole nitrogens is 1. The molecule has 35 heavy (non-hydrogen) atoms. The molecule has 3 aromatic carbocycles. The van der Waals surface area contributed by atoms with Gasteiger partial charge in [-0.3, -0.25) is 0 Å². The lowest BCUT2D eigenvalue weighted by Crippen LogP contribution is -2.23. The highest BCUT2D eigenvalue weighted by molar-refractivity contribution is 6.22. The van der Waals surface area contributed by atoms with Crippen molar-refractivity contribution in [3.63, 3.8) is 0 Å². The lowest BCUT2D eigenvalue weighted by atomic mass is 10.00. The van der Waals surface area contributed by atoms with Crippen LogP contribution in [0, 0.1) is 0 Å². The maximum absolute atomic E-state index is 12.4. The van der Waals surface area contributed by atoms with Crippen LogP contribution in [0.15, 0.2) is 77.8 Å². The molecule has 0 saturated carbocycles. The highest BCUT2D eigenvalue weighted by atomic mass is 16.6. The number of fused-ring (bicyclic) bond motifs is 1. The zero-order valence-electron chi connectivity index (χ0n) is 20.0. The van der Waals surface area contributed by atoms with Crippen LogP contribution in [0.3, 0.4) is 0 Å². The summed E-state index contributed by atoms with van der Waals surface area (Å²) in [7, 11) is 1.32. The molecule has 1 aromatic heterocycles. The number of methoxy groups -OCH3 is 1. The molecule has 0 aliphatic heterocycles. The largest absolute Gasteiger partial charge is 0.494 e. The Kier molecular flexibility index (Phi) is 6.42. The van der Waals surface area contributed by atoms with Gasteiger partial charge in [0.1, 0.15) is 5.60 Å². The number of aromatic amines is 1. The Morgan fingerprint density at radius 1 is 0.857 bits per heavy atom. The van der Waals surface area contributed by atoms with Crippen molar-refractivity contribution < 1.29 is 24.2 Å². The normalized spacial score (nSPS) is 11.9. The topological polar surface area (TPSA) is 101 Å². The fraction of sp³-hybridized carbons (Fsp3) is 0.179. The standard InChI is InChI=1S/C28H26N2O5/c1-28(2,3)35-27(33)18-10-13-20(14-11-18)29-24(17-8-6-5-7-9-17)23-21-15-12-19(26(32)34-4)16-22(21)30-25(23)31/h5-16,30-31H,1-4H3. The number of rotatable bonds is 5. The molecule has 0 fully saturated rings. The van der Waals surface area contributed by atoms with Gasteiger partial charge in [0.2, 0.25) is 0 Å². The predicted octanol–water partition coefficient (Wildman–Crippen LogP) is 5.78. The lowest BCUT2D eigenvalue weighted by Gasteiger charge is -2.19. The molecule has 0 radical (unpaired) electrons. The number of aromatic hydroxyl groups is 1. The summed E-state index contributed by atoms with van der Waals surface area (Å²) in [5, 5.41) is 11.5. The number of aliphatic imine (C=N–C) groups is 1. The number of hydrogen-bond acceptors (Lipinski definition) is 6. The molecule has 0 aliphatic rings. The first kappa shape index (κ1) is 23.8. The first-order valence-electron chi connectivity index (χ1n) is 11.1. The summed E-state index contributed by atoms with van der Waals surface area (Å²) < 4.78 is 10.2. The number of esters is 2. The molecule has 7 heteroatoms. The van der Waals surface area contributed by atoms with Gasteiger partial charge >= 0.3 is 11.9 Å². The second-order valence-electron chi connectivity index (χ2n) is 8.98. The number of carbonyl (C=O) groups excluding carboxylic acids is 2. The molecule has 0 saturated heterocycles. The fourth-order valence-electron chi connectivity index (χ4n) is 3.67. The highest BCUT2D eigenvalue weighted by Crippen LogP contribution is 2.32. The van der Waals surface area contributed by atoms with Crippen molar-refractivity contribution in [2.24, 2.45) is 4.99 Å². The quantitative estimate of drug-likeness (QED) is 0.284. The number of carbonyl (C=O) groups is 2. The number of benzene rings is 3. The van der Waals surface area contributed by atoms with E-state index >= 15 is 0 Å². The molecule has 0 unspecified atom stereocenters. The fourth-order valence-corrected chi connectivity index (χ4v) is 3.67. The van der Waals surface area contributed by atoms with Crippen LogP contribution in [0.4, 0.5) is 5.69 Å². The zero-order valence-corrected chi connectivity index (χ0v) is 20.0. The molecule has 0 spiro atoms. The SMILES string of the molecule is COC(=O)c1ccc2c(C(=Nc3ccc(C(=O)OC(C)(C)C)cc3)c3ccccc3)c(O)[nH]c2c1. The van der Waals surface area contributed by atoms with Gasteiger partial charge in [-0.15, -0.1) is 0 Å². The first-order valence-corrected chi connectivity index (χ1v) is 11.1. The minimum Gasteiger partial charge on any atom is -0.494 e. The summed E-state index contributed by atoms with van der Waals surface area (Å²) in [5.41, 5.74) is 3.19. The summed E-state index contributed by atoms with van der Waals surface area (Å²) in [6.45, 7) is 5.45. The molecular formula is C28H26N2O5. The van der Waals surface area contributed by atoms with Crippen LogP contribution in [0.1, 0.15) is 52.6 Å². The van der Waals surface area contributed by atoms with Gasteiger partial charge in [0.15, 0.2) is 5.88 Å². The van der Waals surface area contributed by atoms with Crippen LogP contribution < -0.4 is 0 Å². The van der Waals surface area contributed by atoms with Crippen LogP contribution >= 0.6 is 0 Å². The first-order chi connectivity index (χ1) is 16.7. The number of ether oxygens (including phenoxy) is 2. The average Bonchev–Trinajstić information content (AvgIpc) is 3.16. The van der Waals surface area contributed by atoms with E-state index < -0.39 is 17.5 Å². The van der Waals surface area contributed by atoms with Crippen LogP contribution in [0.5, 0.6) is 5.88 Å². The van der Waals surface area contributed by atoms with E-state index in [1.807, 2.05) is 51.1 Å². The van der Waals surface area contributed by atoms with Gasteiger partial charge < -0.3 is 19.6 Å². The van der Waals surface area contributed by atoms with Crippen LogP contribution in [-0.2, 0) is 9.47 Å². The maximum atomic E-state index is 12.4. The third kappa shape index (κ3) is 5.24. The smallest absolute Gasteiger partial charge is 0.338 e.